The highest BCUT2D eigenvalue weighted by atomic mass is 31.2. The number of carbonyl (C=O) groups excluding carboxylic acids is 3. The lowest BCUT2D eigenvalue weighted by atomic mass is 9.98. The summed E-state index contributed by atoms with van der Waals surface area (Å²) >= 11 is 0. The molecule has 0 spiro atoms. The number of ether oxygens (including phenoxy) is 3. The lowest BCUT2D eigenvalue weighted by molar-refractivity contribution is -0.164. The summed E-state index contributed by atoms with van der Waals surface area (Å²) in [6, 6.07) is 0. The minimum absolute atomic E-state index is 0.0329. The van der Waals surface area contributed by atoms with Crippen molar-refractivity contribution in [1.82, 2.24) is 14.9 Å². The van der Waals surface area contributed by atoms with E-state index in [-0.39, 0.29) is 11.8 Å². The van der Waals surface area contributed by atoms with Crippen LogP contribution in [0.5, 0.6) is 0 Å². The summed E-state index contributed by atoms with van der Waals surface area (Å²) in [6.07, 6.45) is -3.91. The smallest absolute Gasteiger partial charge is 0.437 e. The monoisotopic (exact) mass is 623 g/mol. The first-order valence-electron chi connectivity index (χ1n) is 12.7. The Balaban J connectivity index is 2.22. The zero-order valence-electron chi connectivity index (χ0n) is 24.8. The fourth-order valence-electron chi connectivity index (χ4n) is 3.25. The number of phosphoric ester groups is 1. The molecule has 0 bridgehead atoms. The van der Waals surface area contributed by atoms with E-state index in [1.54, 1.807) is 48.5 Å². The maximum atomic E-state index is 15.4. The average Bonchev–Trinajstić information content (AvgIpc) is 3.33. The molecule has 1 aliphatic heterocycles. The summed E-state index contributed by atoms with van der Waals surface area (Å²) in [5.41, 5.74) is 2.29. The van der Waals surface area contributed by atoms with E-state index in [0.717, 1.165) is 4.57 Å². The topological polar surface area (TPSA) is 212 Å². The van der Waals surface area contributed by atoms with Crippen LogP contribution >= 0.6 is 7.82 Å². The van der Waals surface area contributed by atoms with E-state index in [1.165, 1.54) is 13.3 Å². The van der Waals surface area contributed by atoms with Crippen LogP contribution in [0.25, 0.3) is 0 Å². The van der Waals surface area contributed by atoms with E-state index in [2.05, 4.69) is 15.3 Å². The Hall–Kier alpha value is -2.95. The average molecular weight is 624 g/mol. The number of hydrogen-bond acceptors (Lipinski definition) is 13. The van der Waals surface area contributed by atoms with Crippen molar-refractivity contribution in [2.75, 3.05) is 20.2 Å². The second-order valence-corrected chi connectivity index (χ2v) is 13.3. The molecule has 4 atom stereocenters. The normalized spacial score (nSPS) is 23.5. The number of guanidine groups is 1. The molecule has 1 aromatic rings. The van der Waals surface area contributed by atoms with Crippen molar-refractivity contribution in [3.8, 4) is 0 Å². The number of aromatic nitrogens is 2. The largest absolute Gasteiger partial charge is 0.480 e. The number of amides is 1. The third-order valence-electron chi connectivity index (χ3n) is 5.78. The molecule has 0 radical (unpaired) electrons. The molecule has 2 rings (SSSR count). The minimum atomic E-state index is -4.67. The van der Waals surface area contributed by atoms with Gasteiger partial charge in [-0.15, -0.1) is 0 Å². The summed E-state index contributed by atoms with van der Waals surface area (Å²) in [5.74, 6) is -1.64. The molecule has 0 unspecified atom stereocenters. The molecule has 1 aliphatic rings. The summed E-state index contributed by atoms with van der Waals surface area (Å²) < 4.78 is 61.2. The molecule has 1 saturated heterocycles. The molecular formula is C24H39FN5O11P. The molecule has 1 aromatic heterocycles. The van der Waals surface area contributed by atoms with Gasteiger partial charge in [-0.25, -0.2) is 23.0 Å². The number of aliphatic hydroxyl groups is 1. The van der Waals surface area contributed by atoms with Crippen LogP contribution in [0.3, 0.4) is 0 Å². The van der Waals surface area contributed by atoms with Crippen LogP contribution in [-0.4, -0.2) is 77.0 Å². The first-order valence-corrected chi connectivity index (χ1v) is 14.2. The van der Waals surface area contributed by atoms with Gasteiger partial charge in [-0.2, -0.15) is 4.99 Å². The third kappa shape index (κ3) is 9.02. The standard InChI is InChI=1S/C24H39FN5O11P/c1-14-17(29-21(26)28-11-31)30(10-27-14)18-15(25)16(32)24(8,41-18)9-38-42(35,39-12-36-19(33)22(2,3)4)40-13-37-20(34)23(5,6)7/h10-11,15-16,18,32H,9,12-13H2,1-8H3,(H3,26,28,29,31)/t15-,16+,18-,24-/m1/s1. The van der Waals surface area contributed by atoms with Gasteiger partial charge in [0.2, 0.25) is 26.0 Å². The van der Waals surface area contributed by atoms with Crippen LogP contribution in [0.2, 0.25) is 0 Å². The van der Waals surface area contributed by atoms with Crippen LogP contribution in [0.1, 0.15) is 60.4 Å². The molecular weight excluding hydrogens is 584 g/mol. The van der Waals surface area contributed by atoms with Gasteiger partial charge in [0.15, 0.2) is 18.2 Å². The minimum Gasteiger partial charge on any atom is -0.437 e. The van der Waals surface area contributed by atoms with Crippen molar-refractivity contribution in [2.24, 2.45) is 21.6 Å². The molecule has 16 nitrogen and oxygen atoms in total. The van der Waals surface area contributed by atoms with Crippen molar-refractivity contribution in [1.29, 1.82) is 0 Å². The molecule has 0 aliphatic carbocycles. The highest BCUT2D eigenvalue weighted by Gasteiger charge is 2.55. The Labute approximate surface area is 242 Å². The lowest BCUT2D eigenvalue weighted by Crippen LogP contribution is -2.43. The number of halogens is 1. The molecule has 1 fully saturated rings. The Morgan fingerprint density at radius 2 is 1.71 bits per heavy atom. The number of nitrogens with one attached hydrogen (secondary N) is 1. The van der Waals surface area contributed by atoms with Crippen molar-refractivity contribution in [2.45, 2.75) is 79.5 Å². The van der Waals surface area contributed by atoms with Gasteiger partial charge in [0.05, 0.1) is 29.5 Å². The number of phosphoric acid groups is 1. The number of alkyl halides is 1. The first-order chi connectivity index (χ1) is 19.2. The van der Waals surface area contributed by atoms with E-state index in [0.29, 0.717) is 12.1 Å². The summed E-state index contributed by atoms with van der Waals surface area (Å²) in [5, 5.41) is 12.9. The Bertz CT molecular complexity index is 1180. The predicted octanol–water partition coefficient (Wildman–Crippen LogP) is 2.12. The van der Waals surface area contributed by atoms with Gasteiger partial charge in [0.25, 0.3) is 0 Å². The molecule has 0 aromatic carbocycles. The molecule has 2 heterocycles. The molecule has 1 amide bonds. The Morgan fingerprint density at radius 3 is 2.19 bits per heavy atom. The van der Waals surface area contributed by atoms with Gasteiger partial charge in [-0.1, -0.05) is 0 Å². The second-order valence-electron chi connectivity index (χ2n) is 11.6. The van der Waals surface area contributed by atoms with Gasteiger partial charge < -0.3 is 25.1 Å². The Kier molecular flexibility index (Phi) is 11.4. The zero-order chi connectivity index (χ0) is 32.1. The highest BCUT2D eigenvalue weighted by Crippen LogP contribution is 2.52. The van der Waals surface area contributed by atoms with Gasteiger partial charge in [0, 0.05) is 0 Å². The summed E-state index contributed by atoms with van der Waals surface area (Å²) in [6.45, 7) is 9.87. The number of hydrogen-bond donors (Lipinski definition) is 3. The van der Waals surface area contributed by atoms with E-state index in [9.17, 15) is 24.1 Å². The fourth-order valence-corrected chi connectivity index (χ4v) is 4.26. The van der Waals surface area contributed by atoms with Gasteiger partial charge in [-0.05, 0) is 55.4 Å². The van der Waals surface area contributed by atoms with Crippen LogP contribution in [0.4, 0.5) is 10.2 Å². The molecule has 238 valence electrons. The number of aliphatic imine (C=N–C) groups is 1. The van der Waals surface area contributed by atoms with E-state index in [1.807, 2.05) is 0 Å². The number of nitrogens with zero attached hydrogens (tertiary/aromatic N) is 3. The fraction of sp³-hybridized carbons (Fsp3) is 0.708. The van der Waals surface area contributed by atoms with E-state index >= 15 is 4.39 Å². The zero-order valence-corrected chi connectivity index (χ0v) is 25.7. The lowest BCUT2D eigenvalue weighted by Gasteiger charge is -2.29. The second kappa shape index (κ2) is 13.6. The van der Waals surface area contributed by atoms with Crippen molar-refractivity contribution in [3.63, 3.8) is 0 Å². The van der Waals surface area contributed by atoms with Gasteiger partial charge in [0.1, 0.15) is 11.7 Å². The van der Waals surface area contributed by atoms with Gasteiger partial charge in [-0.3, -0.25) is 28.8 Å². The Morgan fingerprint density at radius 1 is 1.19 bits per heavy atom. The maximum absolute atomic E-state index is 15.4. The summed E-state index contributed by atoms with van der Waals surface area (Å²) in [4.78, 5) is 42.9. The maximum Gasteiger partial charge on any atom is 0.480 e. The first kappa shape index (κ1) is 35.2. The molecule has 18 heteroatoms. The highest BCUT2D eigenvalue weighted by molar-refractivity contribution is 7.48. The molecule has 42 heavy (non-hydrogen) atoms. The number of carbonyl (C=O) groups is 3. The van der Waals surface area contributed by atoms with Crippen molar-refractivity contribution >= 4 is 37.9 Å². The number of imidazole rings is 1. The van der Waals surface area contributed by atoms with Gasteiger partial charge >= 0.3 is 19.8 Å². The van der Waals surface area contributed by atoms with Crippen LogP contribution in [0, 0.1) is 17.8 Å². The number of rotatable bonds is 12. The van der Waals surface area contributed by atoms with Crippen molar-refractivity contribution in [3.05, 3.63) is 12.0 Å². The summed E-state index contributed by atoms with van der Waals surface area (Å²) in [7, 11) is -4.67. The van der Waals surface area contributed by atoms with Crippen LogP contribution < -0.4 is 11.1 Å². The van der Waals surface area contributed by atoms with E-state index in [4.69, 9.17) is 33.5 Å². The number of esters is 2. The van der Waals surface area contributed by atoms with Crippen LogP contribution in [0.15, 0.2) is 11.3 Å². The third-order valence-corrected chi connectivity index (χ3v) is 7.07. The van der Waals surface area contributed by atoms with E-state index < -0.39 is 74.9 Å². The number of nitrogens with two attached hydrogens (primary N) is 1. The van der Waals surface area contributed by atoms with Crippen molar-refractivity contribution < 1.29 is 56.2 Å². The number of aryl methyl sites for hydroxylation is 1. The SMILES string of the molecule is Cc1ncn([C@@H]2O[C@](C)(COP(=O)(OCOC(=O)C(C)(C)C)OCOC(=O)C(C)(C)C)[C@@H](O)[C@H]2F)c1/N=C(/N)NC=O. The molecule has 0 saturated carbocycles. The number of aliphatic hydroxyl groups excluding tert-OH is 1. The molecule has 4 N–H and O–H groups in total. The quantitative estimate of drug-likeness (QED) is 0.0761. The van der Waals surface area contributed by atoms with Crippen LogP contribution in [-0.2, 0) is 46.7 Å². The predicted molar refractivity (Wildman–Crippen MR) is 143 cm³/mol.